The van der Waals surface area contributed by atoms with Crippen molar-refractivity contribution in [1.29, 1.82) is 0 Å². The molecular formula is C14H16F3N3O. The Morgan fingerprint density at radius 3 is 2.52 bits per heavy atom. The third-order valence-corrected chi connectivity index (χ3v) is 3.54. The number of fused-ring (bicyclic) bond motifs is 1. The number of nitrogens with zero attached hydrogens (tertiary/aromatic N) is 2. The maximum Gasteiger partial charge on any atom is 0.413 e. The molecule has 0 fully saturated rings. The number of carbonyl (C=O) groups excluding carboxylic acids is 1. The molecule has 114 valence electrons. The number of Topliss-reactive ketones (excluding diaryl/α,β-unsaturated/α-hetero) is 1. The van der Waals surface area contributed by atoms with Gasteiger partial charge in [0.1, 0.15) is 5.82 Å². The number of alkyl halides is 3. The summed E-state index contributed by atoms with van der Waals surface area (Å²) in [5, 5.41) is 0. The Hall–Kier alpha value is -1.89. The molecule has 2 N–H and O–H groups in total. The number of aryl methyl sites for hydroxylation is 1. The van der Waals surface area contributed by atoms with Gasteiger partial charge in [-0.2, -0.15) is 13.2 Å². The van der Waals surface area contributed by atoms with Crippen LogP contribution in [0.25, 0.3) is 11.0 Å². The van der Waals surface area contributed by atoms with Crippen LogP contribution in [0.4, 0.5) is 13.2 Å². The second-order valence-corrected chi connectivity index (χ2v) is 5.06. The van der Waals surface area contributed by atoms with Crippen LogP contribution in [0.3, 0.4) is 0 Å². The highest BCUT2D eigenvalue weighted by molar-refractivity contribution is 5.90. The van der Waals surface area contributed by atoms with Crippen LogP contribution in [0.1, 0.15) is 19.7 Å². The molecule has 1 unspecified atom stereocenters. The molecule has 0 bridgehead atoms. The summed E-state index contributed by atoms with van der Waals surface area (Å²) >= 11 is 0. The highest BCUT2D eigenvalue weighted by Crippen LogP contribution is 2.30. The SMILES string of the molecule is CCn1c(CC(=O)C(C)(N)C(F)(F)F)nc2ccccc21. The molecule has 21 heavy (non-hydrogen) atoms. The molecule has 2 rings (SSSR count). The van der Waals surface area contributed by atoms with Gasteiger partial charge in [0.25, 0.3) is 0 Å². The monoisotopic (exact) mass is 299 g/mol. The number of halogens is 3. The molecule has 0 aliphatic rings. The Labute approximate surface area is 119 Å². The lowest BCUT2D eigenvalue weighted by Gasteiger charge is -2.25. The van der Waals surface area contributed by atoms with Crippen LogP contribution in [0, 0.1) is 0 Å². The van der Waals surface area contributed by atoms with E-state index in [0.29, 0.717) is 24.8 Å². The molecule has 0 aliphatic carbocycles. The summed E-state index contributed by atoms with van der Waals surface area (Å²) in [5.41, 5.74) is 3.72. The largest absolute Gasteiger partial charge is 0.413 e. The number of rotatable bonds is 4. The third kappa shape index (κ3) is 2.65. The van der Waals surface area contributed by atoms with Crippen LogP contribution in [0.2, 0.25) is 0 Å². The fourth-order valence-electron chi connectivity index (χ4n) is 2.10. The number of benzene rings is 1. The van der Waals surface area contributed by atoms with Crippen LogP contribution in [-0.2, 0) is 17.8 Å². The Morgan fingerprint density at radius 1 is 1.33 bits per heavy atom. The van der Waals surface area contributed by atoms with E-state index in [1.165, 1.54) is 0 Å². The second kappa shape index (κ2) is 5.14. The molecule has 0 saturated heterocycles. The van der Waals surface area contributed by atoms with E-state index < -0.39 is 23.9 Å². The first kappa shape index (κ1) is 15.5. The molecule has 1 atom stereocenters. The Balaban J connectivity index is 2.38. The number of aromatic nitrogens is 2. The van der Waals surface area contributed by atoms with Crippen molar-refractivity contribution >= 4 is 16.8 Å². The van der Waals surface area contributed by atoms with E-state index in [9.17, 15) is 18.0 Å². The van der Waals surface area contributed by atoms with E-state index >= 15 is 0 Å². The Morgan fingerprint density at radius 2 is 1.95 bits per heavy atom. The van der Waals surface area contributed by atoms with Gasteiger partial charge in [-0.25, -0.2) is 4.98 Å². The summed E-state index contributed by atoms with van der Waals surface area (Å²) in [5.74, 6) is -0.801. The molecule has 7 heteroatoms. The predicted molar refractivity (Wildman–Crippen MR) is 72.8 cm³/mol. The van der Waals surface area contributed by atoms with Crippen LogP contribution < -0.4 is 5.73 Å². The van der Waals surface area contributed by atoms with E-state index in [0.717, 1.165) is 5.52 Å². The lowest BCUT2D eigenvalue weighted by molar-refractivity contribution is -0.185. The van der Waals surface area contributed by atoms with Gasteiger partial charge in [-0.3, -0.25) is 4.79 Å². The van der Waals surface area contributed by atoms with E-state index in [1.54, 1.807) is 16.7 Å². The lowest BCUT2D eigenvalue weighted by Crippen LogP contribution is -2.57. The van der Waals surface area contributed by atoms with Crippen molar-refractivity contribution < 1.29 is 18.0 Å². The van der Waals surface area contributed by atoms with E-state index in [1.807, 2.05) is 19.1 Å². The van der Waals surface area contributed by atoms with Crippen LogP contribution in [0.5, 0.6) is 0 Å². The number of carbonyl (C=O) groups is 1. The van der Waals surface area contributed by atoms with Crippen LogP contribution in [0.15, 0.2) is 24.3 Å². The number of para-hydroxylation sites is 2. The maximum atomic E-state index is 12.8. The van der Waals surface area contributed by atoms with Gasteiger partial charge in [0.15, 0.2) is 11.3 Å². The van der Waals surface area contributed by atoms with Crippen molar-refractivity contribution in [3.63, 3.8) is 0 Å². The summed E-state index contributed by atoms with van der Waals surface area (Å²) in [7, 11) is 0. The van der Waals surface area contributed by atoms with Crippen LogP contribution >= 0.6 is 0 Å². The van der Waals surface area contributed by atoms with E-state index in [-0.39, 0.29) is 0 Å². The topological polar surface area (TPSA) is 60.9 Å². The number of nitrogens with two attached hydrogens (primary N) is 1. The van der Waals surface area contributed by atoms with Gasteiger partial charge in [0.05, 0.1) is 17.5 Å². The first-order valence-electron chi connectivity index (χ1n) is 6.51. The zero-order chi connectivity index (χ0) is 15.8. The quantitative estimate of drug-likeness (QED) is 0.943. The average Bonchev–Trinajstić information content (AvgIpc) is 2.74. The summed E-state index contributed by atoms with van der Waals surface area (Å²) in [4.78, 5) is 16.2. The highest BCUT2D eigenvalue weighted by Gasteiger charge is 2.53. The van der Waals surface area contributed by atoms with Crippen molar-refractivity contribution in [3.05, 3.63) is 30.1 Å². The molecule has 2 aromatic rings. The highest BCUT2D eigenvalue weighted by atomic mass is 19.4. The second-order valence-electron chi connectivity index (χ2n) is 5.06. The van der Waals surface area contributed by atoms with Gasteiger partial charge in [-0.05, 0) is 26.0 Å². The van der Waals surface area contributed by atoms with Gasteiger partial charge in [0, 0.05) is 6.54 Å². The van der Waals surface area contributed by atoms with Gasteiger partial charge in [0.2, 0.25) is 0 Å². The molecule has 1 aromatic heterocycles. The first-order chi connectivity index (χ1) is 9.68. The van der Waals surface area contributed by atoms with Gasteiger partial charge >= 0.3 is 6.18 Å². The van der Waals surface area contributed by atoms with Crippen molar-refractivity contribution in [3.8, 4) is 0 Å². The molecule has 4 nitrogen and oxygen atoms in total. The first-order valence-corrected chi connectivity index (χ1v) is 6.51. The Bertz CT molecular complexity index is 674. The summed E-state index contributed by atoms with van der Waals surface area (Å²) in [6.45, 7) is 3.04. The molecule has 0 amide bonds. The average molecular weight is 299 g/mol. The molecule has 0 aliphatic heterocycles. The summed E-state index contributed by atoms with van der Waals surface area (Å²) in [6, 6.07) is 7.15. The van der Waals surface area contributed by atoms with E-state index in [4.69, 9.17) is 5.73 Å². The predicted octanol–water partition coefficient (Wildman–Crippen LogP) is 2.45. The van der Waals surface area contributed by atoms with Crippen molar-refractivity contribution in [2.75, 3.05) is 0 Å². The zero-order valence-electron chi connectivity index (χ0n) is 11.7. The molecule has 0 radical (unpaired) electrons. The smallest absolute Gasteiger partial charge is 0.328 e. The van der Waals surface area contributed by atoms with Gasteiger partial charge in [-0.15, -0.1) is 0 Å². The fourth-order valence-corrected chi connectivity index (χ4v) is 2.10. The van der Waals surface area contributed by atoms with Crippen LogP contribution in [-0.4, -0.2) is 27.0 Å². The minimum atomic E-state index is -4.78. The maximum absolute atomic E-state index is 12.8. The summed E-state index contributed by atoms with van der Waals surface area (Å²) in [6.07, 6.45) is -5.23. The normalized spacial score (nSPS) is 15.1. The lowest BCUT2D eigenvalue weighted by atomic mass is 9.94. The number of imidazole rings is 1. The van der Waals surface area contributed by atoms with Crippen molar-refractivity contribution in [1.82, 2.24) is 9.55 Å². The summed E-state index contributed by atoms with van der Waals surface area (Å²) < 4.78 is 40.1. The standard InChI is InChI=1S/C14H16F3N3O/c1-3-20-10-7-5-4-6-9(10)19-12(20)8-11(21)13(2,18)14(15,16)17/h4-7H,3,8,18H2,1-2H3. The van der Waals surface area contributed by atoms with Crippen molar-refractivity contribution in [2.24, 2.45) is 5.73 Å². The number of hydrogen-bond donors (Lipinski definition) is 1. The molecule has 0 spiro atoms. The molecular weight excluding hydrogens is 283 g/mol. The molecule has 1 heterocycles. The van der Waals surface area contributed by atoms with E-state index in [2.05, 4.69) is 4.98 Å². The third-order valence-electron chi connectivity index (χ3n) is 3.54. The van der Waals surface area contributed by atoms with Gasteiger partial charge in [-0.1, -0.05) is 12.1 Å². The number of hydrogen-bond acceptors (Lipinski definition) is 3. The van der Waals surface area contributed by atoms with Crippen molar-refractivity contribution in [2.45, 2.75) is 38.5 Å². The minimum Gasteiger partial charge on any atom is -0.328 e. The molecule has 1 aromatic carbocycles. The minimum absolute atomic E-state index is 0.296. The van der Waals surface area contributed by atoms with Gasteiger partial charge < -0.3 is 10.3 Å². The Kier molecular flexibility index (Phi) is 3.79. The number of ketones is 1. The molecule has 0 saturated carbocycles. The fraction of sp³-hybridized carbons (Fsp3) is 0.429. The zero-order valence-corrected chi connectivity index (χ0v) is 11.7.